The maximum Gasteiger partial charge on any atom is 0.313 e. The van der Waals surface area contributed by atoms with E-state index in [0.29, 0.717) is 17.7 Å². The van der Waals surface area contributed by atoms with E-state index in [9.17, 15) is 9.59 Å². The van der Waals surface area contributed by atoms with Crippen molar-refractivity contribution in [3.63, 3.8) is 0 Å². The number of hydrogen-bond acceptors (Lipinski definition) is 4. The maximum atomic E-state index is 11.6. The fourth-order valence-electron chi connectivity index (χ4n) is 1.23. The van der Waals surface area contributed by atoms with Crippen molar-refractivity contribution in [3.8, 4) is 6.07 Å². The molecule has 0 fully saturated rings. The lowest BCUT2D eigenvalue weighted by molar-refractivity contribution is -0.142. The summed E-state index contributed by atoms with van der Waals surface area (Å²) in [6.07, 6.45) is 0.475. The predicted molar refractivity (Wildman–Crippen MR) is 61.4 cm³/mol. The van der Waals surface area contributed by atoms with Gasteiger partial charge in [-0.15, -0.1) is 0 Å². The van der Waals surface area contributed by atoms with Crippen LogP contribution in [0, 0.1) is 11.3 Å². The van der Waals surface area contributed by atoms with E-state index in [1.165, 1.54) is 12.1 Å². The number of hydrogen-bond donors (Lipinski definition) is 0. The zero-order valence-electron chi connectivity index (χ0n) is 9.60. The van der Waals surface area contributed by atoms with Gasteiger partial charge in [0, 0.05) is 5.56 Å². The Kier molecular flexibility index (Phi) is 4.89. The van der Waals surface area contributed by atoms with E-state index in [1.54, 1.807) is 12.1 Å². The van der Waals surface area contributed by atoms with Crippen LogP contribution in [0.15, 0.2) is 24.3 Å². The van der Waals surface area contributed by atoms with Gasteiger partial charge < -0.3 is 4.74 Å². The molecule has 0 aliphatic rings. The molecule has 0 aliphatic carbocycles. The molecule has 1 aromatic rings. The second-order valence-corrected chi connectivity index (χ2v) is 3.51. The normalized spacial score (nSPS) is 9.41. The molecule has 4 heteroatoms. The van der Waals surface area contributed by atoms with E-state index >= 15 is 0 Å². The number of carbonyl (C=O) groups excluding carboxylic acids is 2. The highest BCUT2D eigenvalue weighted by Gasteiger charge is 2.12. The summed E-state index contributed by atoms with van der Waals surface area (Å²) >= 11 is 0. The van der Waals surface area contributed by atoms with Gasteiger partial charge in [-0.05, 0) is 18.6 Å². The molecule has 88 valence electrons. The number of nitriles is 1. The summed E-state index contributed by atoms with van der Waals surface area (Å²) in [5.41, 5.74) is 0.896. The number of rotatable bonds is 5. The number of benzene rings is 1. The molecule has 0 bridgehead atoms. The first kappa shape index (κ1) is 12.9. The van der Waals surface area contributed by atoms with Crippen LogP contribution in [-0.4, -0.2) is 18.4 Å². The van der Waals surface area contributed by atoms with Crippen molar-refractivity contribution in [2.45, 2.75) is 19.8 Å². The highest BCUT2D eigenvalue weighted by molar-refractivity contribution is 6.05. The molecular formula is C13H13NO3. The Morgan fingerprint density at radius 1 is 1.29 bits per heavy atom. The van der Waals surface area contributed by atoms with Crippen LogP contribution in [-0.2, 0) is 9.53 Å². The summed E-state index contributed by atoms with van der Waals surface area (Å²) in [6, 6.07) is 8.12. The van der Waals surface area contributed by atoms with Gasteiger partial charge in [-0.2, -0.15) is 5.26 Å². The zero-order chi connectivity index (χ0) is 12.7. The monoisotopic (exact) mass is 231 g/mol. The van der Waals surface area contributed by atoms with Gasteiger partial charge in [0.25, 0.3) is 0 Å². The molecule has 0 spiro atoms. The number of Topliss-reactive ketones (excluding diaryl/α,β-unsaturated/α-hetero) is 1. The summed E-state index contributed by atoms with van der Waals surface area (Å²) < 4.78 is 4.82. The minimum Gasteiger partial charge on any atom is -0.465 e. The molecule has 0 saturated carbocycles. The maximum absolute atomic E-state index is 11.6. The number of ketones is 1. The van der Waals surface area contributed by atoms with Crippen LogP contribution in [0.25, 0.3) is 0 Å². The van der Waals surface area contributed by atoms with Crippen molar-refractivity contribution in [2.24, 2.45) is 0 Å². The molecule has 4 nitrogen and oxygen atoms in total. The van der Waals surface area contributed by atoms with Gasteiger partial charge >= 0.3 is 5.97 Å². The fourth-order valence-corrected chi connectivity index (χ4v) is 1.23. The second kappa shape index (κ2) is 6.44. The quantitative estimate of drug-likeness (QED) is 0.442. The third-order valence-corrected chi connectivity index (χ3v) is 2.11. The number of ether oxygens (including phenoxy) is 1. The van der Waals surface area contributed by atoms with Crippen LogP contribution in [0.2, 0.25) is 0 Å². The summed E-state index contributed by atoms with van der Waals surface area (Å²) in [6.45, 7) is 2.22. The van der Waals surface area contributed by atoms with Crippen molar-refractivity contribution in [3.05, 3.63) is 35.4 Å². The molecule has 0 unspecified atom stereocenters. The molecule has 0 aliphatic heterocycles. The first-order valence-corrected chi connectivity index (χ1v) is 5.36. The van der Waals surface area contributed by atoms with E-state index in [0.717, 1.165) is 6.42 Å². The Balaban J connectivity index is 2.58. The van der Waals surface area contributed by atoms with Crippen molar-refractivity contribution < 1.29 is 14.3 Å². The van der Waals surface area contributed by atoms with Crippen molar-refractivity contribution >= 4 is 11.8 Å². The van der Waals surface area contributed by atoms with Crippen LogP contribution in [0.1, 0.15) is 35.7 Å². The van der Waals surface area contributed by atoms with Gasteiger partial charge in [0.2, 0.25) is 0 Å². The van der Waals surface area contributed by atoms with E-state index < -0.39 is 5.97 Å². The van der Waals surface area contributed by atoms with Gasteiger partial charge in [0.1, 0.15) is 6.42 Å². The van der Waals surface area contributed by atoms with Crippen molar-refractivity contribution in [1.82, 2.24) is 0 Å². The largest absolute Gasteiger partial charge is 0.465 e. The van der Waals surface area contributed by atoms with Crippen LogP contribution in [0.3, 0.4) is 0 Å². The van der Waals surface area contributed by atoms with Crippen molar-refractivity contribution in [2.75, 3.05) is 6.61 Å². The smallest absolute Gasteiger partial charge is 0.313 e. The summed E-state index contributed by atoms with van der Waals surface area (Å²) in [7, 11) is 0. The highest BCUT2D eigenvalue weighted by Crippen LogP contribution is 2.07. The van der Waals surface area contributed by atoms with Crippen LogP contribution < -0.4 is 0 Å². The third kappa shape index (κ3) is 4.07. The first-order valence-electron chi connectivity index (χ1n) is 5.36. The summed E-state index contributed by atoms with van der Waals surface area (Å²) in [5, 5.41) is 8.60. The lowest BCUT2D eigenvalue weighted by Gasteiger charge is -2.02. The molecule has 1 aromatic carbocycles. The summed E-state index contributed by atoms with van der Waals surface area (Å²) in [5.74, 6) is -0.809. The first-order chi connectivity index (χ1) is 8.17. The van der Waals surface area contributed by atoms with Gasteiger partial charge in [-0.25, -0.2) is 0 Å². The van der Waals surface area contributed by atoms with Gasteiger partial charge in [-0.3, -0.25) is 9.59 Å². The number of esters is 1. The fraction of sp³-hybridized carbons (Fsp3) is 0.308. The third-order valence-electron chi connectivity index (χ3n) is 2.11. The van der Waals surface area contributed by atoms with E-state index in [2.05, 4.69) is 0 Å². The summed E-state index contributed by atoms with van der Waals surface area (Å²) in [4.78, 5) is 22.8. The van der Waals surface area contributed by atoms with E-state index in [1.807, 2.05) is 13.0 Å². The van der Waals surface area contributed by atoms with Crippen LogP contribution >= 0.6 is 0 Å². The molecule has 0 atom stereocenters. The van der Waals surface area contributed by atoms with Crippen LogP contribution in [0.5, 0.6) is 0 Å². The molecule has 0 saturated heterocycles. The molecule has 0 radical (unpaired) electrons. The molecule has 0 amide bonds. The minimum absolute atomic E-state index is 0.258. The Hall–Kier alpha value is -2.15. The molecule has 0 N–H and O–H groups in total. The Morgan fingerprint density at radius 2 is 1.94 bits per heavy atom. The van der Waals surface area contributed by atoms with E-state index in [-0.39, 0.29) is 12.2 Å². The molecule has 0 aromatic heterocycles. The highest BCUT2D eigenvalue weighted by atomic mass is 16.5. The SMILES string of the molecule is CCCOC(=O)CC(=O)c1ccc(C#N)cc1. The van der Waals surface area contributed by atoms with Gasteiger partial charge in [0.05, 0.1) is 18.2 Å². The van der Waals surface area contributed by atoms with Gasteiger partial charge in [0.15, 0.2) is 5.78 Å². The number of carbonyl (C=O) groups is 2. The van der Waals surface area contributed by atoms with Gasteiger partial charge in [-0.1, -0.05) is 19.1 Å². The second-order valence-electron chi connectivity index (χ2n) is 3.51. The Labute approximate surface area is 99.8 Å². The molecule has 0 heterocycles. The standard InChI is InChI=1S/C13H13NO3/c1-2-7-17-13(16)8-12(15)11-5-3-10(9-14)4-6-11/h3-6H,2,7-8H2,1H3. The number of nitrogens with zero attached hydrogens (tertiary/aromatic N) is 1. The average molecular weight is 231 g/mol. The Morgan fingerprint density at radius 3 is 2.47 bits per heavy atom. The van der Waals surface area contributed by atoms with E-state index in [4.69, 9.17) is 10.00 Å². The lowest BCUT2D eigenvalue weighted by atomic mass is 10.1. The molecular weight excluding hydrogens is 218 g/mol. The Bertz CT molecular complexity index is 443. The molecule has 1 rings (SSSR count). The van der Waals surface area contributed by atoms with Crippen molar-refractivity contribution in [1.29, 1.82) is 5.26 Å². The molecule has 17 heavy (non-hydrogen) atoms. The minimum atomic E-state index is -0.513. The predicted octanol–water partition coefficient (Wildman–Crippen LogP) is 2.08. The zero-order valence-corrected chi connectivity index (χ0v) is 9.60. The lowest BCUT2D eigenvalue weighted by Crippen LogP contribution is -2.12. The van der Waals surface area contributed by atoms with Crippen LogP contribution in [0.4, 0.5) is 0 Å². The average Bonchev–Trinajstić information content (AvgIpc) is 2.36. The topological polar surface area (TPSA) is 67.2 Å².